The number of carbonyl (C=O) groups is 1. The average molecular weight is 362 g/mol. The molecule has 2 aliphatic heterocycles. The van der Waals surface area contributed by atoms with Crippen LogP contribution in [0.25, 0.3) is 0 Å². The summed E-state index contributed by atoms with van der Waals surface area (Å²) in [4.78, 5) is 12.9. The van der Waals surface area contributed by atoms with Gasteiger partial charge < -0.3 is 8.99 Å². The monoisotopic (exact) mass is 361 g/mol. The van der Waals surface area contributed by atoms with Crippen LogP contribution in [-0.4, -0.2) is 18.7 Å². The maximum Gasteiger partial charge on any atom is 0.192 e. The van der Waals surface area contributed by atoms with Crippen molar-refractivity contribution >= 4 is 14.1 Å². The second-order valence-electron chi connectivity index (χ2n) is 7.82. The van der Waals surface area contributed by atoms with E-state index in [4.69, 9.17) is 4.43 Å². The Kier molecular flexibility index (Phi) is 5.59. The zero-order chi connectivity index (χ0) is 18.2. The Morgan fingerprint density at radius 3 is 2.40 bits per heavy atom. The van der Waals surface area contributed by atoms with Crippen molar-refractivity contribution in [2.45, 2.75) is 103 Å². The van der Waals surface area contributed by atoms with Gasteiger partial charge in [-0.2, -0.15) is 0 Å². The van der Waals surface area contributed by atoms with Gasteiger partial charge in [-0.25, -0.2) is 0 Å². The summed E-state index contributed by atoms with van der Waals surface area (Å²) in [6, 6.07) is 4.08. The summed E-state index contributed by atoms with van der Waals surface area (Å²) in [5.41, 5.74) is 5.08. The molecule has 25 heavy (non-hydrogen) atoms. The summed E-state index contributed by atoms with van der Waals surface area (Å²) in [5.74, 6) is 0.319. The number of aromatic nitrogens is 1. The first-order valence-corrected chi connectivity index (χ1v) is 13.0. The highest BCUT2D eigenvalue weighted by molar-refractivity contribution is 6.73. The Morgan fingerprint density at radius 1 is 1.16 bits per heavy atom. The van der Waals surface area contributed by atoms with Crippen LogP contribution in [0.4, 0.5) is 0 Å². The van der Waals surface area contributed by atoms with Crippen LogP contribution in [0.1, 0.15) is 99.8 Å². The molecule has 3 nitrogen and oxygen atoms in total. The number of hydrogen-bond acceptors (Lipinski definition) is 2. The van der Waals surface area contributed by atoms with E-state index in [1.165, 1.54) is 47.9 Å². The van der Waals surface area contributed by atoms with Gasteiger partial charge >= 0.3 is 0 Å². The fourth-order valence-electron chi connectivity index (χ4n) is 5.21. The molecule has 4 heteroatoms. The van der Waals surface area contributed by atoms with E-state index in [2.05, 4.69) is 32.3 Å². The quantitative estimate of drug-likeness (QED) is 0.421. The Balaban J connectivity index is 2.10. The zero-order valence-corrected chi connectivity index (χ0v) is 17.8. The number of Topliss-reactive ketones (excluding diaryl/α,β-unsaturated/α-hetero) is 1. The molecular weight excluding hydrogens is 326 g/mol. The van der Waals surface area contributed by atoms with Crippen LogP contribution < -0.4 is 0 Å². The van der Waals surface area contributed by atoms with E-state index in [-0.39, 0.29) is 6.10 Å². The molecule has 0 radical (unpaired) electrons. The van der Waals surface area contributed by atoms with Crippen LogP contribution >= 0.6 is 0 Å². The molecule has 0 fully saturated rings. The summed E-state index contributed by atoms with van der Waals surface area (Å²) in [5, 5.41) is 0. The highest BCUT2D eigenvalue weighted by Gasteiger charge is 2.44. The van der Waals surface area contributed by atoms with E-state index in [0.717, 1.165) is 24.8 Å². The Hall–Kier alpha value is -0.873. The molecule has 2 atom stereocenters. The minimum atomic E-state index is -1.68. The first-order chi connectivity index (χ1) is 12.1. The number of ketones is 1. The van der Waals surface area contributed by atoms with Gasteiger partial charge in [-0.3, -0.25) is 4.79 Å². The van der Waals surface area contributed by atoms with E-state index in [9.17, 15) is 4.79 Å². The van der Waals surface area contributed by atoms with Crippen molar-refractivity contribution in [3.05, 3.63) is 22.5 Å². The van der Waals surface area contributed by atoms with Crippen LogP contribution in [0, 0.1) is 0 Å². The Bertz CT molecular complexity index is 637. The molecule has 0 amide bonds. The average Bonchev–Trinajstić information content (AvgIpc) is 3.18. The van der Waals surface area contributed by atoms with Crippen LogP contribution in [-0.2, 0) is 17.3 Å². The topological polar surface area (TPSA) is 31.2 Å². The van der Waals surface area contributed by atoms with Crippen LogP contribution in [0.5, 0.6) is 0 Å². The molecule has 3 heterocycles. The van der Waals surface area contributed by atoms with Crippen molar-refractivity contribution in [1.82, 2.24) is 4.57 Å². The van der Waals surface area contributed by atoms with Crippen molar-refractivity contribution in [3.8, 4) is 0 Å². The second kappa shape index (κ2) is 7.40. The lowest BCUT2D eigenvalue weighted by Crippen LogP contribution is -2.37. The largest absolute Gasteiger partial charge is 0.408 e. The van der Waals surface area contributed by atoms with Crippen LogP contribution in [0.2, 0.25) is 18.1 Å². The molecule has 0 unspecified atom stereocenters. The highest BCUT2D eigenvalue weighted by atomic mass is 28.4. The van der Waals surface area contributed by atoms with Gasteiger partial charge in [0.15, 0.2) is 14.1 Å². The van der Waals surface area contributed by atoms with Crippen molar-refractivity contribution in [2.24, 2.45) is 0 Å². The van der Waals surface area contributed by atoms with Crippen molar-refractivity contribution in [2.75, 3.05) is 0 Å². The first kappa shape index (κ1) is 18.9. The minimum Gasteiger partial charge on any atom is -0.408 e. The van der Waals surface area contributed by atoms with Gasteiger partial charge in [0.05, 0.1) is 11.8 Å². The fraction of sp³-hybridized carbons (Fsp3) is 0.762. The molecule has 0 N–H and O–H groups in total. The Morgan fingerprint density at radius 2 is 1.84 bits per heavy atom. The molecular formula is C21H35NO2Si. The van der Waals surface area contributed by atoms with E-state index in [0.29, 0.717) is 18.2 Å². The minimum absolute atomic E-state index is 0.152. The molecule has 0 saturated heterocycles. The molecule has 1 aromatic heterocycles. The number of hydrogen-bond donors (Lipinski definition) is 0. The van der Waals surface area contributed by atoms with Crippen molar-refractivity contribution in [3.63, 3.8) is 0 Å². The normalized spacial score (nSPS) is 22.3. The van der Waals surface area contributed by atoms with Crippen LogP contribution in [0.3, 0.4) is 0 Å². The molecule has 0 bridgehead atoms. The van der Waals surface area contributed by atoms with Gasteiger partial charge in [-0.05, 0) is 55.8 Å². The SMILES string of the molecule is CCC(=O)c1c(CC)c2n3c1[C@@H](O[Si](CC)(CC)CC)C[C@H]3CCC2. The maximum absolute atomic E-state index is 12.9. The maximum atomic E-state index is 12.9. The lowest BCUT2D eigenvalue weighted by molar-refractivity contribution is 0.0981. The van der Waals surface area contributed by atoms with Gasteiger partial charge in [0, 0.05) is 23.7 Å². The summed E-state index contributed by atoms with van der Waals surface area (Å²) >= 11 is 0. The lowest BCUT2D eigenvalue weighted by Gasteiger charge is -2.32. The van der Waals surface area contributed by atoms with E-state index < -0.39 is 8.32 Å². The molecule has 0 spiro atoms. The first-order valence-electron chi connectivity index (χ1n) is 10.5. The summed E-state index contributed by atoms with van der Waals surface area (Å²) in [6.07, 6.45) is 6.44. The van der Waals surface area contributed by atoms with Gasteiger partial charge in [0.1, 0.15) is 0 Å². The molecule has 1 aromatic rings. The third kappa shape index (κ3) is 2.95. The zero-order valence-electron chi connectivity index (χ0n) is 16.8. The van der Waals surface area contributed by atoms with Gasteiger partial charge in [0.25, 0.3) is 0 Å². The van der Waals surface area contributed by atoms with E-state index >= 15 is 0 Å². The predicted octanol–water partition coefficient (Wildman–Crippen LogP) is 5.99. The second-order valence-corrected chi connectivity index (χ2v) is 12.5. The predicted molar refractivity (Wildman–Crippen MR) is 106 cm³/mol. The third-order valence-corrected chi connectivity index (χ3v) is 11.5. The third-order valence-electron chi connectivity index (χ3n) is 6.84. The fourth-order valence-corrected chi connectivity index (χ4v) is 8.02. The lowest BCUT2D eigenvalue weighted by atomic mass is 9.92. The van der Waals surface area contributed by atoms with Gasteiger partial charge in [0.2, 0.25) is 0 Å². The molecule has 0 aromatic carbocycles. The standard InChI is InChI=1S/C21H35NO2Si/c1-6-16-17-13-11-12-15-14-19(24-25(8-3,9-4)10-5)21(22(15)17)20(16)18(23)7-2/h15,19H,6-14H2,1-5H3/t15-,19+/m1/s1. The Labute approximate surface area is 154 Å². The number of rotatable bonds is 8. The van der Waals surface area contributed by atoms with Gasteiger partial charge in [-0.1, -0.05) is 34.6 Å². The molecule has 2 aliphatic rings. The van der Waals surface area contributed by atoms with E-state index in [1.54, 1.807) is 0 Å². The summed E-state index contributed by atoms with van der Waals surface area (Å²) < 4.78 is 9.50. The van der Waals surface area contributed by atoms with Gasteiger partial charge in [-0.15, -0.1) is 0 Å². The molecule has 140 valence electrons. The smallest absolute Gasteiger partial charge is 0.192 e. The van der Waals surface area contributed by atoms with Crippen LogP contribution in [0.15, 0.2) is 0 Å². The van der Waals surface area contributed by atoms with Crippen molar-refractivity contribution in [1.29, 1.82) is 0 Å². The molecule has 0 aliphatic carbocycles. The van der Waals surface area contributed by atoms with E-state index in [1.807, 2.05) is 6.92 Å². The molecule has 3 rings (SSSR count). The summed E-state index contributed by atoms with van der Waals surface area (Å²) in [6.45, 7) is 11.1. The summed E-state index contributed by atoms with van der Waals surface area (Å²) in [7, 11) is -1.68. The molecule has 0 saturated carbocycles. The highest BCUT2D eigenvalue weighted by Crippen LogP contribution is 2.49. The number of carbonyl (C=O) groups excluding carboxylic acids is 1. The van der Waals surface area contributed by atoms with Crippen molar-refractivity contribution < 1.29 is 9.22 Å². The number of nitrogens with zero attached hydrogens (tertiary/aromatic N) is 1.